The zero-order valence-electron chi connectivity index (χ0n) is 12.4. The van der Waals surface area contributed by atoms with E-state index in [0.29, 0.717) is 15.6 Å². The number of hydrogen-bond acceptors (Lipinski definition) is 7. The second-order valence-corrected chi connectivity index (χ2v) is 5.67. The van der Waals surface area contributed by atoms with Crippen LogP contribution in [0.5, 0.6) is 5.75 Å². The maximum absolute atomic E-state index is 12.3. The van der Waals surface area contributed by atoms with E-state index in [1.807, 2.05) is 0 Å². The lowest BCUT2D eigenvalue weighted by Crippen LogP contribution is -2.11. The number of hydrogen-bond donors (Lipinski definition) is 1. The average Bonchev–Trinajstić information content (AvgIpc) is 3.26. The molecule has 0 atom stereocenters. The molecule has 0 spiro atoms. The molecule has 0 saturated carbocycles. The number of aromatic nitrogens is 1. The first-order valence-corrected chi connectivity index (χ1v) is 7.52. The second kappa shape index (κ2) is 6.50. The van der Waals surface area contributed by atoms with Gasteiger partial charge in [-0.2, -0.15) is 0 Å². The van der Waals surface area contributed by atoms with Crippen molar-refractivity contribution < 1.29 is 18.9 Å². The summed E-state index contributed by atoms with van der Waals surface area (Å²) in [6, 6.07) is 5.94. The van der Waals surface area contributed by atoms with Crippen LogP contribution < -0.4 is 10.1 Å². The van der Waals surface area contributed by atoms with Crippen LogP contribution in [0.4, 0.5) is 11.4 Å². The Balaban J connectivity index is 1.84. The van der Waals surface area contributed by atoms with Crippen LogP contribution >= 0.6 is 11.3 Å². The molecule has 1 N–H and O–H groups in total. The van der Waals surface area contributed by atoms with Crippen LogP contribution in [-0.4, -0.2) is 22.9 Å². The van der Waals surface area contributed by atoms with Crippen LogP contribution in [0.15, 0.2) is 47.4 Å². The zero-order chi connectivity index (χ0) is 17.1. The molecule has 3 rings (SSSR count). The number of nitrogens with zero attached hydrogens (tertiary/aromatic N) is 2. The van der Waals surface area contributed by atoms with E-state index in [1.165, 1.54) is 44.0 Å². The van der Waals surface area contributed by atoms with Gasteiger partial charge in [0.15, 0.2) is 0 Å². The molecule has 2 heterocycles. The predicted octanol–water partition coefficient (Wildman–Crippen LogP) is 3.57. The van der Waals surface area contributed by atoms with Gasteiger partial charge in [-0.3, -0.25) is 14.9 Å². The third-order valence-electron chi connectivity index (χ3n) is 3.15. The molecule has 8 nitrogen and oxygen atoms in total. The minimum absolute atomic E-state index is 0.0871. The molecule has 0 fully saturated rings. The summed E-state index contributed by atoms with van der Waals surface area (Å²) in [5.41, 5.74) is 0.598. The lowest BCUT2D eigenvalue weighted by atomic mass is 10.2. The molecule has 1 amide bonds. The molecule has 1 aromatic carbocycles. The van der Waals surface area contributed by atoms with E-state index in [1.54, 1.807) is 6.07 Å². The fourth-order valence-corrected chi connectivity index (χ4v) is 2.77. The Morgan fingerprint density at radius 1 is 1.42 bits per heavy atom. The van der Waals surface area contributed by atoms with Crippen molar-refractivity contribution in [2.24, 2.45) is 0 Å². The summed E-state index contributed by atoms with van der Waals surface area (Å²) in [5, 5.41) is 14.3. The van der Waals surface area contributed by atoms with Gasteiger partial charge in [0.2, 0.25) is 0 Å². The molecule has 3 aromatic rings. The van der Waals surface area contributed by atoms with Gasteiger partial charge in [0.1, 0.15) is 27.6 Å². The van der Waals surface area contributed by atoms with Gasteiger partial charge in [-0.05, 0) is 18.2 Å². The number of thiazole rings is 1. The average molecular weight is 345 g/mol. The highest BCUT2D eigenvalue weighted by Gasteiger charge is 2.19. The molecule has 0 bridgehead atoms. The topological polar surface area (TPSA) is 108 Å². The number of nitro groups is 1. The summed E-state index contributed by atoms with van der Waals surface area (Å²) in [6.45, 7) is 0. The Labute approximate surface area is 139 Å². The van der Waals surface area contributed by atoms with Gasteiger partial charge in [-0.25, -0.2) is 4.98 Å². The quantitative estimate of drug-likeness (QED) is 0.559. The molecule has 0 aliphatic carbocycles. The van der Waals surface area contributed by atoms with Crippen molar-refractivity contribution in [3.8, 4) is 16.3 Å². The third-order valence-corrected chi connectivity index (χ3v) is 4.19. The molecule has 0 aliphatic heterocycles. The zero-order valence-corrected chi connectivity index (χ0v) is 13.2. The number of furan rings is 1. The van der Waals surface area contributed by atoms with Crippen molar-refractivity contribution in [1.29, 1.82) is 0 Å². The highest BCUT2D eigenvalue weighted by atomic mass is 32.1. The lowest BCUT2D eigenvalue weighted by molar-refractivity contribution is -0.384. The number of nitro benzene ring substituents is 1. The first-order valence-electron chi connectivity index (χ1n) is 6.70. The fourth-order valence-electron chi connectivity index (χ4n) is 1.98. The van der Waals surface area contributed by atoms with Crippen molar-refractivity contribution in [2.75, 3.05) is 12.4 Å². The Hall–Kier alpha value is -3.20. The summed E-state index contributed by atoms with van der Waals surface area (Å²) in [4.78, 5) is 27.4. The first kappa shape index (κ1) is 15.7. The van der Waals surface area contributed by atoms with E-state index >= 15 is 0 Å². The SMILES string of the molecule is COc1ccc(NC(=O)c2cnc(-c3ccoc3)s2)c([N+](=O)[O-])c1. The van der Waals surface area contributed by atoms with Crippen LogP contribution in [0.2, 0.25) is 0 Å². The van der Waals surface area contributed by atoms with E-state index in [4.69, 9.17) is 9.15 Å². The Morgan fingerprint density at radius 2 is 2.25 bits per heavy atom. The minimum atomic E-state index is -0.582. The summed E-state index contributed by atoms with van der Waals surface area (Å²) in [7, 11) is 1.41. The van der Waals surface area contributed by atoms with Gasteiger partial charge in [-0.15, -0.1) is 11.3 Å². The van der Waals surface area contributed by atoms with Crippen molar-refractivity contribution in [2.45, 2.75) is 0 Å². The van der Waals surface area contributed by atoms with E-state index in [9.17, 15) is 14.9 Å². The number of amides is 1. The number of carbonyl (C=O) groups excluding carboxylic acids is 1. The molecule has 0 saturated heterocycles. The van der Waals surface area contributed by atoms with Crippen molar-refractivity contribution in [3.63, 3.8) is 0 Å². The molecule has 2 aromatic heterocycles. The van der Waals surface area contributed by atoms with Crippen molar-refractivity contribution in [3.05, 3.63) is 58.0 Å². The number of benzene rings is 1. The van der Waals surface area contributed by atoms with E-state index in [2.05, 4.69) is 10.3 Å². The first-order chi connectivity index (χ1) is 11.6. The summed E-state index contributed by atoms with van der Waals surface area (Å²) in [5.74, 6) is -0.143. The Morgan fingerprint density at radius 3 is 2.92 bits per heavy atom. The van der Waals surface area contributed by atoms with E-state index in [0.717, 1.165) is 16.9 Å². The van der Waals surface area contributed by atoms with Crippen LogP contribution in [0, 0.1) is 10.1 Å². The van der Waals surface area contributed by atoms with Crippen LogP contribution in [-0.2, 0) is 0 Å². The predicted molar refractivity (Wildman–Crippen MR) is 87.4 cm³/mol. The van der Waals surface area contributed by atoms with Crippen LogP contribution in [0.3, 0.4) is 0 Å². The summed E-state index contributed by atoms with van der Waals surface area (Å²) in [6.07, 6.45) is 4.45. The number of anilines is 1. The van der Waals surface area contributed by atoms with E-state index in [-0.39, 0.29) is 11.4 Å². The summed E-state index contributed by atoms with van der Waals surface area (Å²) < 4.78 is 9.94. The fraction of sp³-hybridized carbons (Fsp3) is 0.0667. The Kier molecular flexibility index (Phi) is 4.25. The number of nitrogens with one attached hydrogen (secondary N) is 1. The largest absolute Gasteiger partial charge is 0.496 e. The second-order valence-electron chi connectivity index (χ2n) is 4.64. The van der Waals surface area contributed by atoms with Gasteiger partial charge in [-0.1, -0.05) is 0 Å². The monoisotopic (exact) mass is 345 g/mol. The molecule has 0 unspecified atom stereocenters. The number of ether oxygens (including phenoxy) is 1. The van der Waals surface area contributed by atoms with Crippen LogP contribution in [0.1, 0.15) is 9.67 Å². The number of rotatable bonds is 5. The number of carbonyl (C=O) groups is 1. The maximum atomic E-state index is 12.3. The standard InChI is InChI=1S/C15H11N3O5S/c1-22-10-2-3-11(12(6-10)18(20)21)17-14(19)13-7-16-15(24-13)9-4-5-23-8-9/h2-8H,1H3,(H,17,19). The van der Waals surface area contributed by atoms with Gasteiger partial charge >= 0.3 is 0 Å². The minimum Gasteiger partial charge on any atom is -0.496 e. The molecular weight excluding hydrogens is 334 g/mol. The van der Waals surface area contributed by atoms with Gasteiger partial charge in [0.25, 0.3) is 11.6 Å². The third kappa shape index (κ3) is 3.10. The smallest absolute Gasteiger partial charge is 0.296 e. The highest BCUT2D eigenvalue weighted by molar-refractivity contribution is 7.17. The van der Waals surface area contributed by atoms with Gasteiger partial charge in [0, 0.05) is 5.56 Å². The summed E-state index contributed by atoms with van der Waals surface area (Å²) >= 11 is 1.16. The Bertz CT molecular complexity index is 888. The molecule has 122 valence electrons. The lowest BCUT2D eigenvalue weighted by Gasteiger charge is -2.06. The molecule has 0 radical (unpaired) electrons. The normalized spacial score (nSPS) is 10.4. The maximum Gasteiger partial charge on any atom is 0.296 e. The van der Waals surface area contributed by atoms with Crippen molar-refractivity contribution in [1.82, 2.24) is 4.98 Å². The van der Waals surface area contributed by atoms with Gasteiger partial charge < -0.3 is 14.5 Å². The number of methoxy groups -OCH3 is 1. The van der Waals surface area contributed by atoms with Gasteiger partial charge in [0.05, 0.1) is 30.6 Å². The molecular formula is C15H11N3O5S. The van der Waals surface area contributed by atoms with E-state index < -0.39 is 10.8 Å². The van der Waals surface area contributed by atoms with Crippen molar-refractivity contribution >= 4 is 28.6 Å². The van der Waals surface area contributed by atoms with Crippen LogP contribution in [0.25, 0.3) is 10.6 Å². The molecule has 9 heteroatoms. The highest BCUT2D eigenvalue weighted by Crippen LogP contribution is 2.30. The molecule has 24 heavy (non-hydrogen) atoms. The molecule has 0 aliphatic rings.